The van der Waals surface area contributed by atoms with Crippen molar-refractivity contribution in [1.82, 2.24) is 10.6 Å². The molecule has 4 rings (SSSR count). The summed E-state index contributed by atoms with van der Waals surface area (Å²) in [5, 5.41) is 6.78. The highest BCUT2D eigenvalue weighted by molar-refractivity contribution is 7.94. The molecule has 0 bridgehead atoms. The van der Waals surface area contributed by atoms with E-state index in [-0.39, 0.29) is 17.9 Å². The maximum absolute atomic E-state index is 13.6. The van der Waals surface area contributed by atoms with E-state index in [0.717, 1.165) is 22.1 Å². The molecule has 0 heterocycles. The fourth-order valence-electron chi connectivity index (χ4n) is 4.32. The molecule has 2 atom stereocenters. The van der Waals surface area contributed by atoms with Crippen molar-refractivity contribution in [3.63, 3.8) is 0 Å². The number of rotatable bonds is 13. The Balaban J connectivity index is 1.50. The molecular formula is C34H34N2O5S. The van der Waals surface area contributed by atoms with E-state index in [2.05, 4.69) is 10.6 Å². The van der Waals surface area contributed by atoms with Gasteiger partial charge in [0.05, 0.1) is 4.90 Å². The first-order chi connectivity index (χ1) is 20.4. The lowest BCUT2D eigenvalue weighted by molar-refractivity contribution is -0.123. The van der Waals surface area contributed by atoms with E-state index in [1.807, 2.05) is 91.0 Å². The van der Waals surface area contributed by atoms with Crippen LogP contribution in [0.25, 0.3) is 0 Å². The highest BCUT2D eigenvalue weighted by Gasteiger charge is 2.24. The minimum absolute atomic E-state index is 0.0616. The van der Waals surface area contributed by atoms with Gasteiger partial charge in [0, 0.05) is 17.9 Å². The third-order valence-electron chi connectivity index (χ3n) is 6.58. The van der Waals surface area contributed by atoms with E-state index in [4.69, 9.17) is 4.74 Å². The summed E-state index contributed by atoms with van der Waals surface area (Å²) in [6.07, 6.45) is 2.06. The van der Waals surface area contributed by atoms with E-state index in [0.29, 0.717) is 12.8 Å². The van der Waals surface area contributed by atoms with Crippen LogP contribution >= 0.6 is 0 Å². The summed E-state index contributed by atoms with van der Waals surface area (Å²) in [6, 6.07) is 34.9. The van der Waals surface area contributed by atoms with E-state index < -0.39 is 33.9 Å². The molecule has 0 spiro atoms. The lowest BCUT2D eigenvalue weighted by atomic mass is 10.0. The molecule has 8 heteroatoms. The van der Waals surface area contributed by atoms with Gasteiger partial charge in [-0.1, -0.05) is 115 Å². The summed E-state index contributed by atoms with van der Waals surface area (Å²) in [4.78, 5) is 26.5. The second kappa shape index (κ2) is 15.3. The molecule has 0 unspecified atom stereocenters. The molecule has 0 radical (unpaired) electrons. The van der Waals surface area contributed by atoms with Crippen LogP contribution in [0.15, 0.2) is 138 Å². The number of hydrogen-bond donors (Lipinski definition) is 2. The number of ether oxygens (including phenoxy) is 1. The van der Waals surface area contributed by atoms with Crippen molar-refractivity contribution >= 4 is 21.8 Å². The number of sulfone groups is 1. The monoisotopic (exact) mass is 582 g/mol. The number of alkyl carbamates (subject to hydrolysis) is 1. The average molecular weight is 583 g/mol. The van der Waals surface area contributed by atoms with E-state index in [1.54, 1.807) is 18.2 Å². The number of aryl methyl sites for hydroxylation is 1. The van der Waals surface area contributed by atoms with Crippen LogP contribution < -0.4 is 10.6 Å². The topological polar surface area (TPSA) is 102 Å². The first-order valence-electron chi connectivity index (χ1n) is 13.7. The van der Waals surface area contributed by atoms with Crippen molar-refractivity contribution in [2.75, 3.05) is 0 Å². The maximum atomic E-state index is 13.6. The van der Waals surface area contributed by atoms with E-state index in [1.165, 1.54) is 18.2 Å². The molecule has 0 saturated carbocycles. The van der Waals surface area contributed by atoms with Crippen molar-refractivity contribution in [3.05, 3.63) is 150 Å². The van der Waals surface area contributed by atoms with Crippen LogP contribution in [0.3, 0.4) is 0 Å². The molecule has 4 aromatic carbocycles. The van der Waals surface area contributed by atoms with Crippen LogP contribution in [-0.2, 0) is 38.8 Å². The van der Waals surface area contributed by atoms with Crippen LogP contribution in [0.4, 0.5) is 4.79 Å². The van der Waals surface area contributed by atoms with Crippen molar-refractivity contribution in [1.29, 1.82) is 0 Å². The number of amides is 2. The van der Waals surface area contributed by atoms with Gasteiger partial charge in [0.1, 0.15) is 12.6 Å². The second-order valence-corrected chi connectivity index (χ2v) is 11.6. The van der Waals surface area contributed by atoms with Gasteiger partial charge >= 0.3 is 6.09 Å². The molecule has 4 aromatic rings. The smallest absolute Gasteiger partial charge is 0.408 e. The van der Waals surface area contributed by atoms with Crippen LogP contribution in [0.2, 0.25) is 0 Å². The molecule has 0 fully saturated rings. The van der Waals surface area contributed by atoms with Gasteiger partial charge in [-0.05, 0) is 41.7 Å². The van der Waals surface area contributed by atoms with Gasteiger partial charge in [-0.3, -0.25) is 4.79 Å². The lowest BCUT2D eigenvalue weighted by Crippen LogP contribution is -2.50. The summed E-state index contributed by atoms with van der Waals surface area (Å²) in [5.74, 6) is -0.449. The maximum Gasteiger partial charge on any atom is 0.408 e. The molecule has 42 heavy (non-hydrogen) atoms. The zero-order valence-corrected chi connectivity index (χ0v) is 24.0. The SMILES string of the molecule is O=C(N[C@H](Cc1ccccc1)C(=O)N[C@H](/C=C/S(=O)(=O)c1ccccc1)CCc1ccccc1)OCc1ccccc1. The number of hydrogen-bond acceptors (Lipinski definition) is 5. The van der Waals surface area contributed by atoms with E-state index in [9.17, 15) is 18.0 Å². The van der Waals surface area contributed by atoms with Crippen LogP contribution in [0.1, 0.15) is 23.1 Å². The molecule has 2 N–H and O–H groups in total. The number of carbonyl (C=O) groups excluding carboxylic acids is 2. The van der Waals surface area contributed by atoms with Gasteiger partial charge in [0.2, 0.25) is 5.91 Å². The zero-order valence-electron chi connectivity index (χ0n) is 23.1. The first-order valence-corrected chi connectivity index (χ1v) is 15.3. The lowest BCUT2D eigenvalue weighted by Gasteiger charge is -2.22. The molecule has 7 nitrogen and oxygen atoms in total. The van der Waals surface area contributed by atoms with Crippen LogP contribution in [0, 0.1) is 0 Å². The number of nitrogens with one attached hydrogen (secondary N) is 2. The average Bonchev–Trinajstić information content (AvgIpc) is 3.03. The quantitative estimate of drug-likeness (QED) is 0.213. The molecule has 0 aliphatic heterocycles. The summed E-state index contributed by atoms with van der Waals surface area (Å²) < 4.78 is 31.2. The summed E-state index contributed by atoms with van der Waals surface area (Å²) >= 11 is 0. The molecule has 0 saturated heterocycles. The third kappa shape index (κ3) is 9.74. The predicted molar refractivity (Wildman–Crippen MR) is 163 cm³/mol. The largest absolute Gasteiger partial charge is 0.445 e. The second-order valence-electron chi connectivity index (χ2n) is 9.77. The fourth-order valence-corrected chi connectivity index (χ4v) is 5.41. The molecule has 216 valence electrons. The summed E-state index contributed by atoms with van der Waals surface area (Å²) in [7, 11) is -3.72. The Morgan fingerprint density at radius 3 is 1.81 bits per heavy atom. The third-order valence-corrected chi connectivity index (χ3v) is 8.02. The van der Waals surface area contributed by atoms with Crippen LogP contribution in [-0.4, -0.2) is 32.5 Å². The van der Waals surface area contributed by atoms with Crippen molar-refractivity contribution in [2.45, 2.75) is 42.8 Å². The highest BCUT2D eigenvalue weighted by atomic mass is 32.2. The molecule has 0 aromatic heterocycles. The fraction of sp³-hybridized carbons (Fsp3) is 0.176. The van der Waals surface area contributed by atoms with E-state index >= 15 is 0 Å². The standard InChI is InChI=1S/C34H34N2O5S/c37-33(32(25-28-15-7-2-8-16-28)36-34(38)41-26-29-17-9-3-10-18-29)35-30(22-21-27-13-5-1-6-14-27)23-24-42(39,40)31-19-11-4-12-20-31/h1-20,23-24,30,32H,21-22,25-26H2,(H,35,37)(H,36,38)/b24-23+/t30-,32+/m0/s1. The Hall–Kier alpha value is -4.69. The van der Waals surface area contributed by atoms with Gasteiger partial charge < -0.3 is 15.4 Å². The Kier molecular flexibility index (Phi) is 11.1. The van der Waals surface area contributed by atoms with Crippen molar-refractivity contribution in [2.24, 2.45) is 0 Å². The minimum atomic E-state index is -3.72. The predicted octanol–water partition coefficient (Wildman–Crippen LogP) is 5.63. The number of carbonyl (C=O) groups is 2. The summed E-state index contributed by atoms with van der Waals surface area (Å²) in [5.41, 5.74) is 2.73. The minimum Gasteiger partial charge on any atom is -0.445 e. The molecule has 2 amide bonds. The zero-order chi connectivity index (χ0) is 29.6. The van der Waals surface area contributed by atoms with Gasteiger partial charge in [0.25, 0.3) is 0 Å². The van der Waals surface area contributed by atoms with Gasteiger partial charge in [0.15, 0.2) is 9.84 Å². The highest BCUT2D eigenvalue weighted by Crippen LogP contribution is 2.14. The Morgan fingerprint density at radius 1 is 0.690 bits per heavy atom. The Morgan fingerprint density at radius 2 is 1.21 bits per heavy atom. The Bertz CT molecular complexity index is 1550. The molecular weight excluding hydrogens is 548 g/mol. The van der Waals surface area contributed by atoms with Gasteiger partial charge in [-0.15, -0.1) is 0 Å². The first kappa shape index (κ1) is 30.3. The number of benzene rings is 4. The van der Waals surface area contributed by atoms with Gasteiger partial charge in [-0.2, -0.15) is 0 Å². The summed E-state index contributed by atoms with van der Waals surface area (Å²) in [6.45, 7) is 0.0616. The van der Waals surface area contributed by atoms with Crippen molar-refractivity contribution < 1.29 is 22.7 Å². The Labute approximate surface area is 247 Å². The van der Waals surface area contributed by atoms with Gasteiger partial charge in [-0.25, -0.2) is 13.2 Å². The van der Waals surface area contributed by atoms with Crippen molar-refractivity contribution in [3.8, 4) is 0 Å². The molecule has 0 aliphatic rings. The normalized spacial score (nSPS) is 12.8. The van der Waals surface area contributed by atoms with Crippen LogP contribution in [0.5, 0.6) is 0 Å². The molecule has 0 aliphatic carbocycles.